The Kier molecular flexibility index (Phi) is 6.21. The third kappa shape index (κ3) is 5.42. The van der Waals surface area contributed by atoms with Crippen molar-refractivity contribution in [2.45, 2.75) is 40.0 Å². The minimum atomic E-state index is -0.464. The van der Waals surface area contributed by atoms with E-state index in [-0.39, 0.29) is 11.8 Å². The molecule has 0 saturated carbocycles. The number of unbranched alkanes of at least 4 members (excludes halogenated alkanes) is 1. The molecule has 1 N–H and O–H groups in total. The number of hydrogen-bond acceptors (Lipinski definition) is 6. The molecule has 0 bridgehead atoms. The highest BCUT2D eigenvalue weighted by Gasteiger charge is 2.28. The van der Waals surface area contributed by atoms with Gasteiger partial charge in [-0.2, -0.15) is 0 Å². The zero-order valence-corrected chi connectivity index (χ0v) is 12.3. The van der Waals surface area contributed by atoms with Gasteiger partial charge in [0, 0.05) is 12.1 Å². The van der Waals surface area contributed by atoms with Gasteiger partial charge < -0.3 is 14.6 Å². The fourth-order valence-corrected chi connectivity index (χ4v) is 1.66. The molecule has 0 aromatic carbocycles. The standard InChI is InChI=1S/C14H22N2O4/c1-4-19-13(18)14(2,3)9-5-6-10-20-12-8-7-11(17)15-16-12/h7-8H,4-6,9-10H2,1-3H3,(H,15,17). The van der Waals surface area contributed by atoms with Gasteiger partial charge >= 0.3 is 5.97 Å². The van der Waals surface area contributed by atoms with E-state index < -0.39 is 5.41 Å². The van der Waals surface area contributed by atoms with E-state index >= 15 is 0 Å². The van der Waals surface area contributed by atoms with Gasteiger partial charge in [-0.15, -0.1) is 10.2 Å². The number of aromatic nitrogens is 2. The minimum absolute atomic E-state index is 0.131. The van der Waals surface area contributed by atoms with Crippen molar-refractivity contribution >= 4 is 5.97 Å². The number of hydrogen-bond donors (Lipinski definition) is 1. The van der Waals surface area contributed by atoms with Crippen molar-refractivity contribution in [3.63, 3.8) is 0 Å². The Balaban J connectivity index is 2.21. The molecule has 6 heteroatoms. The molecule has 0 atom stereocenters. The highest BCUT2D eigenvalue weighted by atomic mass is 16.5. The number of esters is 1. The Morgan fingerprint density at radius 3 is 2.65 bits per heavy atom. The molecule has 6 nitrogen and oxygen atoms in total. The van der Waals surface area contributed by atoms with Crippen LogP contribution in [0.5, 0.6) is 11.8 Å². The summed E-state index contributed by atoms with van der Waals surface area (Å²) in [6.07, 6.45) is 2.42. The van der Waals surface area contributed by atoms with Gasteiger partial charge in [0.05, 0.1) is 18.6 Å². The molecule has 0 aliphatic carbocycles. The van der Waals surface area contributed by atoms with Gasteiger partial charge in [0.15, 0.2) is 0 Å². The lowest BCUT2D eigenvalue weighted by molar-refractivity contribution is -0.153. The summed E-state index contributed by atoms with van der Waals surface area (Å²) in [4.78, 5) is 11.7. The van der Waals surface area contributed by atoms with Crippen LogP contribution in [0.2, 0.25) is 0 Å². The van der Waals surface area contributed by atoms with Gasteiger partial charge in [-0.05, 0) is 40.0 Å². The van der Waals surface area contributed by atoms with E-state index in [2.05, 4.69) is 10.2 Å². The molecule has 0 aliphatic rings. The van der Waals surface area contributed by atoms with Crippen LogP contribution in [-0.4, -0.2) is 34.5 Å². The first-order chi connectivity index (χ1) is 9.45. The van der Waals surface area contributed by atoms with Crippen molar-refractivity contribution < 1.29 is 19.4 Å². The third-order valence-electron chi connectivity index (χ3n) is 2.90. The van der Waals surface area contributed by atoms with Gasteiger partial charge in [-0.3, -0.25) is 4.79 Å². The summed E-state index contributed by atoms with van der Waals surface area (Å²) in [7, 11) is 0. The molecule has 0 radical (unpaired) electrons. The second-order valence-corrected chi connectivity index (χ2v) is 5.14. The molecule has 0 unspecified atom stereocenters. The van der Waals surface area contributed by atoms with Crippen LogP contribution in [0, 0.1) is 5.41 Å². The Morgan fingerprint density at radius 2 is 2.05 bits per heavy atom. The first-order valence-corrected chi connectivity index (χ1v) is 6.78. The quantitative estimate of drug-likeness (QED) is 0.582. The van der Waals surface area contributed by atoms with Crippen LogP contribution in [0.1, 0.15) is 40.0 Å². The normalized spacial score (nSPS) is 11.2. The SMILES string of the molecule is CCOC(=O)C(C)(C)CCCCOc1ccc(O)nn1. The van der Waals surface area contributed by atoms with Gasteiger partial charge in [0.25, 0.3) is 0 Å². The Morgan fingerprint density at radius 1 is 1.30 bits per heavy atom. The second kappa shape index (κ2) is 7.67. The summed E-state index contributed by atoms with van der Waals surface area (Å²) >= 11 is 0. The maximum atomic E-state index is 11.7. The maximum absolute atomic E-state index is 11.7. The summed E-state index contributed by atoms with van der Waals surface area (Å²) in [5, 5.41) is 16.1. The minimum Gasteiger partial charge on any atom is -0.492 e. The largest absolute Gasteiger partial charge is 0.492 e. The van der Waals surface area contributed by atoms with Crippen molar-refractivity contribution in [2.24, 2.45) is 5.41 Å². The Bertz CT molecular complexity index is 418. The fraction of sp³-hybridized carbons (Fsp3) is 0.643. The summed E-state index contributed by atoms with van der Waals surface area (Å²) in [5.41, 5.74) is -0.464. The number of nitrogens with zero attached hydrogens (tertiary/aromatic N) is 2. The average molecular weight is 282 g/mol. The number of rotatable bonds is 8. The topological polar surface area (TPSA) is 81.5 Å². The van der Waals surface area contributed by atoms with E-state index in [4.69, 9.17) is 14.6 Å². The Labute approximate surface area is 119 Å². The van der Waals surface area contributed by atoms with E-state index in [0.29, 0.717) is 19.1 Å². The number of ether oxygens (including phenoxy) is 2. The van der Waals surface area contributed by atoms with E-state index in [1.807, 2.05) is 13.8 Å². The molecule has 1 aromatic rings. The van der Waals surface area contributed by atoms with Gasteiger partial charge in [-0.1, -0.05) is 0 Å². The zero-order chi connectivity index (χ0) is 15.0. The molecule has 1 aromatic heterocycles. The van der Waals surface area contributed by atoms with Crippen LogP contribution >= 0.6 is 0 Å². The van der Waals surface area contributed by atoms with Crippen LogP contribution in [-0.2, 0) is 9.53 Å². The first kappa shape index (κ1) is 16.2. The lowest BCUT2D eigenvalue weighted by Gasteiger charge is -2.21. The van der Waals surface area contributed by atoms with Crippen molar-refractivity contribution in [1.82, 2.24) is 10.2 Å². The van der Waals surface area contributed by atoms with Crippen LogP contribution in [0.15, 0.2) is 12.1 Å². The van der Waals surface area contributed by atoms with E-state index in [0.717, 1.165) is 19.3 Å². The summed E-state index contributed by atoms with van der Waals surface area (Å²) in [6.45, 7) is 6.48. The molecule has 20 heavy (non-hydrogen) atoms. The highest BCUT2D eigenvalue weighted by Crippen LogP contribution is 2.25. The summed E-state index contributed by atoms with van der Waals surface area (Å²) in [5.74, 6) is 0.0892. The van der Waals surface area contributed by atoms with Crippen molar-refractivity contribution in [2.75, 3.05) is 13.2 Å². The van der Waals surface area contributed by atoms with E-state index in [1.165, 1.54) is 6.07 Å². The lowest BCUT2D eigenvalue weighted by Crippen LogP contribution is -2.26. The molecule has 0 spiro atoms. The second-order valence-electron chi connectivity index (χ2n) is 5.14. The smallest absolute Gasteiger partial charge is 0.311 e. The molecular formula is C14H22N2O4. The predicted octanol–water partition coefficient (Wildman–Crippen LogP) is 2.32. The highest BCUT2D eigenvalue weighted by molar-refractivity contribution is 5.75. The summed E-state index contributed by atoms with van der Waals surface area (Å²) in [6, 6.07) is 2.98. The van der Waals surface area contributed by atoms with Crippen molar-refractivity contribution in [1.29, 1.82) is 0 Å². The molecular weight excluding hydrogens is 260 g/mol. The van der Waals surface area contributed by atoms with Crippen LogP contribution < -0.4 is 4.74 Å². The molecule has 0 amide bonds. The van der Waals surface area contributed by atoms with Gasteiger partial charge in [-0.25, -0.2) is 0 Å². The maximum Gasteiger partial charge on any atom is 0.311 e. The molecule has 112 valence electrons. The lowest BCUT2D eigenvalue weighted by atomic mass is 9.87. The monoisotopic (exact) mass is 282 g/mol. The Hall–Kier alpha value is -1.85. The van der Waals surface area contributed by atoms with Crippen LogP contribution in [0.4, 0.5) is 0 Å². The molecule has 0 fully saturated rings. The molecule has 1 heterocycles. The van der Waals surface area contributed by atoms with Crippen molar-refractivity contribution in [3.05, 3.63) is 12.1 Å². The number of aromatic hydroxyl groups is 1. The van der Waals surface area contributed by atoms with Crippen molar-refractivity contribution in [3.8, 4) is 11.8 Å². The van der Waals surface area contributed by atoms with Crippen LogP contribution in [0.3, 0.4) is 0 Å². The average Bonchev–Trinajstić information content (AvgIpc) is 2.40. The van der Waals surface area contributed by atoms with Gasteiger partial charge in [0.1, 0.15) is 0 Å². The van der Waals surface area contributed by atoms with E-state index in [1.54, 1.807) is 13.0 Å². The predicted molar refractivity (Wildman–Crippen MR) is 73.5 cm³/mol. The third-order valence-corrected chi connectivity index (χ3v) is 2.90. The zero-order valence-electron chi connectivity index (χ0n) is 12.3. The molecule has 0 aliphatic heterocycles. The number of carbonyl (C=O) groups excluding carboxylic acids is 1. The molecule has 0 saturated heterocycles. The molecule has 1 rings (SSSR count). The van der Waals surface area contributed by atoms with Gasteiger partial charge in [0.2, 0.25) is 11.8 Å². The number of carbonyl (C=O) groups is 1. The fourth-order valence-electron chi connectivity index (χ4n) is 1.66. The summed E-state index contributed by atoms with van der Waals surface area (Å²) < 4.78 is 10.4. The van der Waals surface area contributed by atoms with E-state index in [9.17, 15) is 4.79 Å². The first-order valence-electron chi connectivity index (χ1n) is 6.78. The van der Waals surface area contributed by atoms with Crippen LogP contribution in [0.25, 0.3) is 0 Å².